The van der Waals surface area contributed by atoms with Crippen LogP contribution in [0.4, 0.5) is 0 Å². The van der Waals surface area contributed by atoms with Crippen LogP contribution in [-0.4, -0.2) is 29.9 Å². The van der Waals surface area contributed by atoms with Crippen molar-refractivity contribution in [1.82, 2.24) is 29.9 Å². The third-order valence-corrected chi connectivity index (χ3v) is 5.12. The first kappa shape index (κ1) is 21.4. The largest absolute Gasteiger partial charge is 0.286 e. The van der Waals surface area contributed by atoms with E-state index in [9.17, 15) is 0 Å². The Hall–Kier alpha value is -3.82. The molecule has 0 atom stereocenters. The summed E-state index contributed by atoms with van der Waals surface area (Å²) < 4.78 is 1.93. The van der Waals surface area contributed by atoms with Crippen molar-refractivity contribution in [1.29, 1.82) is 0 Å². The van der Waals surface area contributed by atoms with Gasteiger partial charge in [0.05, 0.1) is 17.1 Å². The Bertz CT molecular complexity index is 1150. The summed E-state index contributed by atoms with van der Waals surface area (Å²) in [4.78, 5) is 11.3. The Morgan fingerprint density at radius 3 is 2.44 bits per heavy atom. The Kier molecular flexibility index (Phi) is 7.35. The second-order valence-electron chi connectivity index (χ2n) is 7.69. The Morgan fingerprint density at radius 2 is 1.62 bits per heavy atom. The summed E-state index contributed by atoms with van der Waals surface area (Å²) >= 11 is 0. The second kappa shape index (κ2) is 11.0. The third kappa shape index (κ3) is 6.34. The average Bonchev–Trinajstić information content (AvgIpc) is 3.27. The number of aromatic nitrogens is 5. The highest BCUT2D eigenvalue weighted by atomic mass is 15.4. The molecule has 0 radical (unpaired) electrons. The average molecular weight is 423 g/mol. The Labute approximate surface area is 189 Å². The van der Waals surface area contributed by atoms with Crippen LogP contribution in [0, 0.1) is 12.3 Å². The van der Waals surface area contributed by atoms with Crippen molar-refractivity contribution in [2.24, 2.45) is 0 Å². The molecule has 4 rings (SSSR count). The van der Waals surface area contributed by atoms with Gasteiger partial charge in [0.15, 0.2) is 0 Å². The lowest BCUT2D eigenvalue weighted by Gasteiger charge is -2.20. The minimum atomic E-state index is 0.643. The van der Waals surface area contributed by atoms with Crippen molar-refractivity contribution in [3.8, 4) is 12.3 Å². The summed E-state index contributed by atoms with van der Waals surface area (Å²) in [7, 11) is 0. The smallest absolute Gasteiger partial charge is 0.113 e. The van der Waals surface area contributed by atoms with Crippen molar-refractivity contribution >= 4 is 0 Å². The highest BCUT2D eigenvalue weighted by Crippen LogP contribution is 2.12. The number of pyridine rings is 2. The van der Waals surface area contributed by atoms with Gasteiger partial charge < -0.3 is 0 Å². The maximum atomic E-state index is 5.52. The van der Waals surface area contributed by atoms with Gasteiger partial charge in [-0.1, -0.05) is 53.6 Å². The minimum Gasteiger partial charge on any atom is -0.286 e. The molecule has 32 heavy (non-hydrogen) atoms. The molecule has 3 heterocycles. The molecular weight excluding hydrogens is 396 g/mol. The molecule has 0 fully saturated rings. The van der Waals surface area contributed by atoms with E-state index in [2.05, 4.69) is 55.4 Å². The van der Waals surface area contributed by atoms with E-state index < -0.39 is 0 Å². The first-order valence-electron chi connectivity index (χ1n) is 10.8. The van der Waals surface area contributed by atoms with Gasteiger partial charge in [-0.25, -0.2) is 4.98 Å². The number of hydrogen-bond donors (Lipinski definition) is 0. The fraction of sp³-hybridized carbons (Fsp3) is 0.231. The Morgan fingerprint density at radius 1 is 0.844 bits per heavy atom. The third-order valence-electron chi connectivity index (χ3n) is 5.12. The van der Waals surface area contributed by atoms with E-state index in [-0.39, 0.29) is 0 Å². The summed E-state index contributed by atoms with van der Waals surface area (Å²) in [5, 5.41) is 8.72. The zero-order chi connectivity index (χ0) is 22.0. The summed E-state index contributed by atoms with van der Waals surface area (Å²) in [6.45, 7) is 2.82. The van der Waals surface area contributed by atoms with Crippen LogP contribution in [0.25, 0.3) is 0 Å². The number of rotatable bonds is 10. The Balaban J connectivity index is 1.40. The number of benzene rings is 1. The minimum absolute atomic E-state index is 0.643. The molecule has 0 aliphatic heterocycles. The normalized spacial score (nSPS) is 10.9. The van der Waals surface area contributed by atoms with E-state index in [0.29, 0.717) is 25.3 Å². The van der Waals surface area contributed by atoms with Gasteiger partial charge in [0.2, 0.25) is 0 Å². The molecule has 0 aliphatic rings. The molecule has 160 valence electrons. The lowest BCUT2D eigenvalue weighted by Crippen LogP contribution is -2.23. The standard InChI is InChI=1S/C26H26N6/c1-2-23-14-8-15-25(28-23)19-31(18-24-13-6-7-16-27-24)20-26-21-32(30-29-26)17-9-12-22-10-4-3-5-11-22/h1,3-8,10-11,13-16,21H,9,12,17-20H2. The van der Waals surface area contributed by atoms with Crippen LogP contribution in [-0.2, 0) is 32.6 Å². The van der Waals surface area contributed by atoms with E-state index in [4.69, 9.17) is 6.42 Å². The summed E-state index contributed by atoms with van der Waals surface area (Å²) in [5.74, 6) is 2.61. The van der Waals surface area contributed by atoms with Gasteiger partial charge in [0.1, 0.15) is 5.69 Å². The molecule has 0 bridgehead atoms. The van der Waals surface area contributed by atoms with Gasteiger partial charge in [-0.05, 0) is 42.7 Å². The predicted octanol–water partition coefficient (Wildman–Crippen LogP) is 3.88. The highest BCUT2D eigenvalue weighted by molar-refractivity contribution is 5.25. The van der Waals surface area contributed by atoms with E-state index in [1.165, 1.54) is 5.56 Å². The molecule has 6 heteroatoms. The fourth-order valence-corrected chi connectivity index (χ4v) is 3.60. The summed E-state index contributed by atoms with van der Waals surface area (Å²) in [6.07, 6.45) is 11.4. The predicted molar refractivity (Wildman–Crippen MR) is 124 cm³/mol. The monoisotopic (exact) mass is 422 g/mol. The molecule has 0 unspecified atom stereocenters. The van der Waals surface area contributed by atoms with Crippen LogP contribution >= 0.6 is 0 Å². The quantitative estimate of drug-likeness (QED) is 0.363. The molecule has 0 saturated heterocycles. The van der Waals surface area contributed by atoms with Gasteiger partial charge in [0.25, 0.3) is 0 Å². The molecule has 1 aromatic carbocycles. The number of terminal acetylenes is 1. The van der Waals surface area contributed by atoms with Crippen LogP contribution in [0.3, 0.4) is 0 Å². The first-order chi connectivity index (χ1) is 15.8. The maximum Gasteiger partial charge on any atom is 0.113 e. The molecule has 0 aliphatic carbocycles. The molecule has 0 amide bonds. The molecular formula is C26H26N6. The lowest BCUT2D eigenvalue weighted by atomic mass is 10.1. The van der Waals surface area contributed by atoms with Crippen molar-refractivity contribution in [2.75, 3.05) is 0 Å². The fourth-order valence-electron chi connectivity index (χ4n) is 3.60. The molecule has 3 aromatic heterocycles. The van der Waals surface area contributed by atoms with Crippen molar-refractivity contribution < 1.29 is 0 Å². The van der Waals surface area contributed by atoms with Gasteiger partial charge >= 0.3 is 0 Å². The molecule has 0 N–H and O–H groups in total. The van der Waals surface area contributed by atoms with Crippen LogP contribution in [0.1, 0.15) is 34.8 Å². The topological polar surface area (TPSA) is 59.7 Å². The summed E-state index contributed by atoms with van der Waals surface area (Å²) in [6, 6.07) is 22.2. The molecule has 0 spiro atoms. The van der Waals surface area contributed by atoms with Crippen molar-refractivity contribution in [3.63, 3.8) is 0 Å². The first-order valence-corrected chi connectivity index (χ1v) is 10.8. The van der Waals surface area contributed by atoms with E-state index in [1.54, 1.807) is 0 Å². The van der Waals surface area contributed by atoms with Crippen LogP contribution < -0.4 is 0 Å². The number of hydrogen-bond acceptors (Lipinski definition) is 5. The van der Waals surface area contributed by atoms with Crippen LogP contribution in [0.2, 0.25) is 0 Å². The van der Waals surface area contributed by atoms with Gasteiger partial charge in [-0.15, -0.1) is 11.5 Å². The van der Waals surface area contributed by atoms with E-state index in [0.717, 1.165) is 36.5 Å². The van der Waals surface area contributed by atoms with Gasteiger partial charge in [-0.2, -0.15) is 0 Å². The second-order valence-corrected chi connectivity index (χ2v) is 7.69. The van der Waals surface area contributed by atoms with Crippen molar-refractivity contribution in [3.05, 3.63) is 107 Å². The highest BCUT2D eigenvalue weighted by Gasteiger charge is 2.13. The zero-order valence-electron chi connectivity index (χ0n) is 18.0. The van der Waals surface area contributed by atoms with Crippen LogP contribution in [0.5, 0.6) is 0 Å². The molecule has 0 saturated carbocycles. The number of aryl methyl sites for hydroxylation is 2. The number of nitrogens with zero attached hydrogens (tertiary/aromatic N) is 6. The van der Waals surface area contributed by atoms with E-state index >= 15 is 0 Å². The van der Waals surface area contributed by atoms with E-state index in [1.807, 2.05) is 59.5 Å². The van der Waals surface area contributed by atoms with Gasteiger partial charge in [0, 0.05) is 38.6 Å². The van der Waals surface area contributed by atoms with Crippen LogP contribution in [0.15, 0.2) is 79.1 Å². The summed E-state index contributed by atoms with van der Waals surface area (Å²) in [5.41, 5.74) is 4.83. The SMILES string of the molecule is C#Cc1cccc(CN(Cc2ccccn2)Cc2cn(CCCc3ccccc3)nn2)n1. The lowest BCUT2D eigenvalue weighted by molar-refractivity contribution is 0.238. The molecule has 4 aromatic rings. The van der Waals surface area contributed by atoms with Crippen molar-refractivity contribution in [2.45, 2.75) is 39.0 Å². The zero-order valence-corrected chi connectivity index (χ0v) is 18.0. The molecule has 6 nitrogen and oxygen atoms in total. The maximum absolute atomic E-state index is 5.52. The van der Waals surface area contributed by atoms with Gasteiger partial charge in [-0.3, -0.25) is 14.6 Å².